The highest BCUT2D eigenvalue weighted by Gasteiger charge is 2.36. The molecule has 0 aromatic carbocycles. The normalized spacial score (nSPS) is 21.5. The van der Waals surface area contributed by atoms with Gasteiger partial charge in [0.1, 0.15) is 5.69 Å². The van der Waals surface area contributed by atoms with Crippen molar-refractivity contribution in [2.75, 3.05) is 5.32 Å². The third-order valence-electron chi connectivity index (χ3n) is 4.54. The zero-order valence-corrected chi connectivity index (χ0v) is 13.6. The Hall–Kier alpha value is -1.59. The molecular formula is C15H26N4O2. The molecule has 21 heavy (non-hydrogen) atoms. The van der Waals surface area contributed by atoms with Gasteiger partial charge in [-0.1, -0.05) is 26.7 Å². The number of hydrogen-bond donors (Lipinski definition) is 1. The number of nitrogens with one attached hydrogen (secondary N) is 1. The van der Waals surface area contributed by atoms with E-state index in [1.807, 2.05) is 13.8 Å². The summed E-state index contributed by atoms with van der Waals surface area (Å²) < 4.78 is 1.75. The van der Waals surface area contributed by atoms with Crippen molar-refractivity contribution in [3.8, 4) is 0 Å². The Balaban J connectivity index is 2.40. The van der Waals surface area contributed by atoms with Crippen molar-refractivity contribution in [2.24, 2.45) is 5.41 Å². The first-order valence-corrected chi connectivity index (χ1v) is 7.74. The van der Waals surface area contributed by atoms with E-state index in [2.05, 4.69) is 24.3 Å². The summed E-state index contributed by atoms with van der Waals surface area (Å²) in [6.45, 7) is 10.2. The summed E-state index contributed by atoms with van der Waals surface area (Å²) >= 11 is 0. The number of aromatic nitrogens is 2. The topological polar surface area (TPSA) is 73.0 Å². The van der Waals surface area contributed by atoms with Gasteiger partial charge in [0, 0.05) is 12.1 Å². The van der Waals surface area contributed by atoms with E-state index >= 15 is 0 Å². The van der Waals surface area contributed by atoms with Crippen LogP contribution in [-0.4, -0.2) is 20.7 Å². The minimum atomic E-state index is -0.320. The number of anilines is 1. The van der Waals surface area contributed by atoms with Gasteiger partial charge in [-0.25, -0.2) is 4.68 Å². The molecule has 1 aromatic rings. The van der Waals surface area contributed by atoms with Crippen LogP contribution in [0, 0.1) is 22.5 Å². The molecule has 0 radical (unpaired) electrons. The summed E-state index contributed by atoms with van der Waals surface area (Å²) in [6.07, 6.45) is 4.60. The highest BCUT2D eigenvalue weighted by atomic mass is 16.6. The Morgan fingerprint density at radius 1 is 1.43 bits per heavy atom. The summed E-state index contributed by atoms with van der Waals surface area (Å²) in [5.41, 5.74) is 0.737. The lowest BCUT2D eigenvalue weighted by Gasteiger charge is -2.39. The lowest BCUT2D eigenvalue weighted by Crippen LogP contribution is -2.39. The van der Waals surface area contributed by atoms with Crippen LogP contribution in [0.3, 0.4) is 0 Å². The first-order valence-electron chi connectivity index (χ1n) is 7.74. The monoisotopic (exact) mass is 294 g/mol. The van der Waals surface area contributed by atoms with Gasteiger partial charge in [-0.2, -0.15) is 5.10 Å². The van der Waals surface area contributed by atoms with Gasteiger partial charge in [0.15, 0.2) is 0 Å². The SMILES string of the molecule is Cc1nn(C(C)C)c(NC2CCCCC2(C)C)c1[N+](=O)[O-]. The van der Waals surface area contributed by atoms with E-state index in [0.717, 1.165) is 12.8 Å². The van der Waals surface area contributed by atoms with Gasteiger partial charge < -0.3 is 5.32 Å². The summed E-state index contributed by atoms with van der Waals surface area (Å²) in [5.74, 6) is 0.562. The second-order valence-electron chi connectivity index (χ2n) is 7.01. The number of nitrogens with zero attached hydrogens (tertiary/aromatic N) is 3. The number of hydrogen-bond acceptors (Lipinski definition) is 4. The van der Waals surface area contributed by atoms with Crippen molar-refractivity contribution in [3.63, 3.8) is 0 Å². The predicted molar refractivity (Wildman–Crippen MR) is 83.7 cm³/mol. The molecule has 6 heteroatoms. The minimum absolute atomic E-state index is 0.0894. The predicted octanol–water partition coefficient (Wildman–Crippen LogP) is 4.06. The molecule has 0 aliphatic heterocycles. The van der Waals surface area contributed by atoms with E-state index < -0.39 is 0 Å². The van der Waals surface area contributed by atoms with Crippen molar-refractivity contribution in [1.82, 2.24) is 9.78 Å². The van der Waals surface area contributed by atoms with Gasteiger partial charge in [0.25, 0.3) is 0 Å². The molecule has 0 bridgehead atoms. The molecule has 0 saturated heterocycles. The van der Waals surface area contributed by atoms with Crippen molar-refractivity contribution in [3.05, 3.63) is 15.8 Å². The molecule has 1 atom stereocenters. The fourth-order valence-corrected chi connectivity index (χ4v) is 3.19. The summed E-state index contributed by atoms with van der Waals surface area (Å²) in [4.78, 5) is 11.1. The van der Waals surface area contributed by atoms with E-state index in [1.54, 1.807) is 11.6 Å². The van der Waals surface area contributed by atoms with Crippen LogP contribution in [0.15, 0.2) is 0 Å². The lowest BCUT2D eigenvalue weighted by molar-refractivity contribution is -0.384. The van der Waals surface area contributed by atoms with Crippen molar-refractivity contribution >= 4 is 11.5 Å². The van der Waals surface area contributed by atoms with Gasteiger partial charge in [-0.15, -0.1) is 0 Å². The first kappa shape index (κ1) is 15.8. The smallest absolute Gasteiger partial charge is 0.333 e. The third-order valence-corrected chi connectivity index (χ3v) is 4.54. The Bertz CT molecular complexity index is 534. The summed E-state index contributed by atoms with van der Waals surface area (Å²) in [6, 6.07) is 0.338. The minimum Gasteiger partial charge on any atom is -0.361 e. The highest BCUT2D eigenvalue weighted by molar-refractivity contribution is 5.60. The molecule has 0 amide bonds. The Kier molecular flexibility index (Phi) is 4.25. The molecule has 1 heterocycles. The molecule has 1 N–H and O–H groups in total. The summed E-state index contributed by atoms with van der Waals surface area (Å²) in [7, 11) is 0. The maximum absolute atomic E-state index is 11.4. The van der Waals surface area contributed by atoms with Crippen LogP contribution >= 0.6 is 0 Å². The number of rotatable bonds is 4. The van der Waals surface area contributed by atoms with Gasteiger partial charge in [0.2, 0.25) is 5.82 Å². The van der Waals surface area contributed by atoms with E-state index in [9.17, 15) is 10.1 Å². The lowest BCUT2D eigenvalue weighted by atomic mass is 9.73. The maximum Gasteiger partial charge on any atom is 0.333 e. The molecule has 2 rings (SSSR count). The zero-order chi connectivity index (χ0) is 15.8. The van der Waals surface area contributed by atoms with Crippen LogP contribution in [0.1, 0.15) is 65.1 Å². The second kappa shape index (κ2) is 5.66. The van der Waals surface area contributed by atoms with Crippen LogP contribution < -0.4 is 5.32 Å². The van der Waals surface area contributed by atoms with Gasteiger partial charge in [0.05, 0.1) is 4.92 Å². The van der Waals surface area contributed by atoms with E-state index in [0.29, 0.717) is 11.5 Å². The standard InChI is InChI=1S/C15H26N4O2/c1-10(2)18-14(13(19(20)21)11(3)17-18)16-12-8-6-7-9-15(12,4)5/h10,12,16H,6-9H2,1-5H3. The Morgan fingerprint density at radius 2 is 2.10 bits per heavy atom. The van der Waals surface area contributed by atoms with Crippen LogP contribution in [0.2, 0.25) is 0 Å². The highest BCUT2D eigenvalue weighted by Crippen LogP contribution is 2.40. The maximum atomic E-state index is 11.4. The van der Waals surface area contributed by atoms with Gasteiger partial charge in [-0.3, -0.25) is 10.1 Å². The molecule has 0 spiro atoms. The van der Waals surface area contributed by atoms with Gasteiger partial charge in [-0.05, 0) is 39.0 Å². The molecular weight excluding hydrogens is 268 g/mol. The summed E-state index contributed by atoms with van der Waals surface area (Å²) in [5, 5.41) is 19.2. The van der Waals surface area contributed by atoms with E-state index in [4.69, 9.17) is 0 Å². The third kappa shape index (κ3) is 3.04. The molecule has 1 unspecified atom stereocenters. The average Bonchev–Trinajstić information content (AvgIpc) is 2.69. The largest absolute Gasteiger partial charge is 0.361 e. The average molecular weight is 294 g/mol. The Labute approximate surface area is 126 Å². The van der Waals surface area contributed by atoms with Crippen LogP contribution in [0.25, 0.3) is 0 Å². The quantitative estimate of drug-likeness (QED) is 0.671. The number of nitro groups is 1. The molecule has 118 valence electrons. The zero-order valence-electron chi connectivity index (χ0n) is 13.6. The molecule has 1 aliphatic carbocycles. The van der Waals surface area contributed by atoms with E-state index in [-0.39, 0.29) is 28.1 Å². The molecule has 1 aromatic heterocycles. The van der Waals surface area contributed by atoms with E-state index in [1.165, 1.54) is 12.8 Å². The van der Waals surface area contributed by atoms with Crippen LogP contribution in [0.5, 0.6) is 0 Å². The van der Waals surface area contributed by atoms with Crippen LogP contribution in [0.4, 0.5) is 11.5 Å². The first-order chi connectivity index (χ1) is 9.74. The van der Waals surface area contributed by atoms with Crippen molar-refractivity contribution in [2.45, 2.75) is 72.4 Å². The Morgan fingerprint density at radius 3 is 2.62 bits per heavy atom. The van der Waals surface area contributed by atoms with Crippen molar-refractivity contribution < 1.29 is 4.92 Å². The number of aryl methyl sites for hydroxylation is 1. The molecule has 1 fully saturated rings. The molecule has 1 aliphatic rings. The molecule has 1 saturated carbocycles. The molecule has 6 nitrogen and oxygen atoms in total. The second-order valence-corrected chi connectivity index (χ2v) is 7.01. The fourth-order valence-electron chi connectivity index (χ4n) is 3.19. The van der Waals surface area contributed by atoms with Crippen LogP contribution in [-0.2, 0) is 0 Å². The fraction of sp³-hybridized carbons (Fsp3) is 0.800. The van der Waals surface area contributed by atoms with Gasteiger partial charge >= 0.3 is 5.69 Å². The van der Waals surface area contributed by atoms with Crippen molar-refractivity contribution in [1.29, 1.82) is 0 Å².